The molecule has 5 atom stereocenters. The molecule has 35 heavy (non-hydrogen) atoms. The second-order valence-corrected chi connectivity index (χ2v) is 11.8. The minimum Gasteiger partial charge on any atom is -0.479 e. The largest absolute Gasteiger partial charge is 0.479 e. The van der Waals surface area contributed by atoms with Crippen molar-refractivity contribution in [3.63, 3.8) is 0 Å². The zero-order valence-corrected chi connectivity index (χ0v) is 24.8. The number of ether oxygens (including phenoxy) is 2. The summed E-state index contributed by atoms with van der Waals surface area (Å²) in [5.41, 5.74) is -0.322. The third kappa shape index (κ3) is 18.8. The van der Waals surface area contributed by atoms with E-state index in [1.165, 1.54) is 103 Å². The molecule has 0 aromatic carbocycles. The fourth-order valence-corrected chi connectivity index (χ4v) is 4.99. The number of carbonyl (C=O) groups is 1. The number of hydrogen-bond donors (Lipinski definition) is 3. The molecule has 0 heterocycles. The molecule has 0 fully saturated rings. The Morgan fingerprint density at radius 2 is 1.31 bits per heavy atom. The van der Waals surface area contributed by atoms with Crippen molar-refractivity contribution in [2.75, 3.05) is 6.61 Å². The number of hydrogen-bond acceptors (Lipinski definition) is 6. The average Bonchev–Trinajstić information content (AvgIpc) is 2.84. The predicted molar refractivity (Wildman–Crippen MR) is 150 cm³/mol. The van der Waals surface area contributed by atoms with Gasteiger partial charge in [-0.15, -0.1) is 12.6 Å². The van der Waals surface area contributed by atoms with Gasteiger partial charge in [-0.1, -0.05) is 124 Å². The number of carboxylic acids is 1. The van der Waals surface area contributed by atoms with Crippen LogP contribution in [0.2, 0.25) is 0 Å². The van der Waals surface area contributed by atoms with E-state index >= 15 is 0 Å². The highest BCUT2D eigenvalue weighted by molar-refractivity contribution is 7.80. The first-order valence-electron chi connectivity index (χ1n) is 14.2. The van der Waals surface area contributed by atoms with Crippen molar-refractivity contribution in [1.82, 2.24) is 0 Å². The number of thiol groups is 1. The molecule has 0 rings (SSSR count). The number of unbranched alkanes of at least 4 members (excludes halogenated alkanes) is 12. The van der Waals surface area contributed by atoms with Gasteiger partial charge in [0.05, 0.1) is 6.61 Å². The molecule has 0 bridgehead atoms. The van der Waals surface area contributed by atoms with Gasteiger partial charge in [0.2, 0.25) is 5.34 Å². The lowest BCUT2D eigenvalue weighted by molar-refractivity contribution is -0.183. The van der Waals surface area contributed by atoms with Gasteiger partial charge >= 0.3 is 5.97 Å². The lowest BCUT2D eigenvalue weighted by Crippen LogP contribution is -2.39. The van der Waals surface area contributed by atoms with Crippen LogP contribution < -0.4 is 0 Å². The van der Waals surface area contributed by atoms with E-state index in [-0.39, 0.29) is 5.44 Å². The van der Waals surface area contributed by atoms with Crippen LogP contribution in [0.15, 0.2) is 0 Å². The summed E-state index contributed by atoms with van der Waals surface area (Å²) in [4.78, 5) is 11.1. The summed E-state index contributed by atoms with van der Waals surface area (Å²) in [5, 5.41) is 16.6. The molecule has 2 N–H and O–H groups in total. The maximum absolute atomic E-state index is 11.2. The zero-order valence-electron chi connectivity index (χ0n) is 22.7. The highest BCUT2D eigenvalue weighted by Gasteiger charge is 2.36. The van der Waals surface area contributed by atoms with Crippen molar-refractivity contribution in [2.24, 2.45) is 5.92 Å². The van der Waals surface area contributed by atoms with Crippen LogP contribution in [0.1, 0.15) is 136 Å². The van der Waals surface area contributed by atoms with E-state index in [9.17, 15) is 14.5 Å². The molecule has 0 radical (unpaired) electrons. The Morgan fingerprint density at radius 3 is 1.74 bits per heavy atom. The van der Waals surface area contributed by atoms with Crippen LogP contribution in [0.5, 0.6) is 0 Å². The number of aliphatic carboxylic acids is 1. The van der Waals surface area contributed by atoms with Crippen LogP contribution >= 0.6 is 21.1 Å². The fourth-order valence-electron chi connectivity index (χ4n) is 4.30. The van der Waals surface area contributed by atoms with E-state index in [1.54, 1.807) is 0 Å². The summed E-state index contributed by atoms with van der Waals surface area (Å²) in [5.74, 6) is -0.994. The summed E-state index contributed by atoms with van der Waals surface area (Å²) in [6.45, 7) is 5.79. The van der Waals surface area contributed by atoms with Crippen LogP contribution in [-0.4, -0.2) is 39.9 Å². The first-order valence-corrected chi connectivity index (χ1v) is 15.8. The maximum atomic E-state index is 11.2. The minimum absolute atomic E-state index is 0.322. The molecule has 0 aliphatic rings. The molecular weight excluding hydrogens is 483 g/mol. The summed E-state index contributed by atoms with van der Waals surface area (Å²) >= 11 is 4.64. The maximum Gasteiger partial charge on any atom is 0.345 e. The second-order valence-electron chi connectivity index (χ2n) is 10.0. The first kappa shape index (κ1) is 34.9. The van der Waals surface area contributed by atoms with E-state index in [4.69, 9.17) is 14.6 Å². The van der Waals surface area contributed by atoms with Crippen molar-refractivity contribution in [3.8, 4) is 0 Å². The summed E-state index contributed by atoms with van der Waals surface area (Å²) < 4.78 is 22.5. The Labute approximate surface area is 221 Å². The molecule has 5 unspecified atom stereocenters. The highest BCUT2D eigenvalue weighted by atomic mass is 32.1. The summed E-state index contributed by atoms with van der Waals surface area (Å²) in [7, 11) is -1.93. The SMILES string of the molecule is CCCCCCCCCCCCC(CCCCCC)CC(S)OC(CC)OCC(O)([PH2]=O)C(=O)O. The van der Waals surface area contributed by atoms with Gasteiger partial charge in [-0.05, 0) is 18.8 Å². The molecule has 210 valence electrons. The molecule has 6 nitrogen and oxygen atoms in total. The molecule has 8 heteroatoms. The predicted octanol–water partition coefficient (Wildman–Crippen LogP) is 7.83. The molecule has 0 saturated carbocycles. The van der Waals surface area contributed by atoms with Gasteiger partial charge in [-0.2, -0.15) is 0 Å². The molecule has 0 aliphatic carbocycles. The quantitative estimate of drug-likeness (QED) is 0.0450. The first-order chi connectivity index (χ1) is 16.8. The van der Waals surface area contributed by atoms with Gasteiger partial charge in [-0.25, -0.2) is 4.79 Å². The van der Waals surface area contributed by atoms with Crippen LogP contribution in [0, 0.1) is 5.92 Å². The van der Waals surface area contributed by atoms with E-state index in [0.29, 0.717) is 12.3 Å². The monoisotopic (exact) mass is 538 g/mol. The normalized spacial score (nSPS) is 16.4. The van der Waals surface area contributed by atoms with Crippen molar-refractivity contribution in [2.45, 2.75) is 153 Å². The van der Waals surface area contributed by atoms with Crippen molar-refractivity contribution < 1.29 is 29.0 Å². The van der Waals surface area contributed by atoms with Crippen LogP contribution in [-0.2, 0) is 18.8 Å². The molecule has 0 aliphatic heterocycles. The lowest BCUT2D eigenvalue weighted by atomic mass is 9.91. The molecule has 0 aromatic rings. The molecule has 0 aromatic heterocycles. The van der Waals surface area contributed by atoms with Gasteiger partial charge in [0.15, 0.2) is 6.29 Å². The molecule has 0 spiro atoms. The zero-order chi connectivity index (χ0) is 26.4. The third-order valence-electron chi connectivity index (χ3n) is 6.66. The summed E-state index contributed by atoms with van der Waals surface area (Å²) in [6.07, 6.45) is 21.3. The van der Waals surface area contributed by atoms with Crippen molar-refractivity contribution in [3.05, 3.63) is 0 Å². The topological polar surface area (TPSA) is 93.1 Å². The summed E-state index contributed by atoms with van der Waals surface area (Å²) in [6, 6.07) is 0. The van der Waals surface area contributed by atoms with Gasteiger partial charge in [-0.3, -0.25) is 0 Å². The van der Waals surface area contributed by atoms with E-state index in [2.05, 4.69) is 26.5 Å². The lowest BCUT2D eigenvalue weighted by Gasteiger charge is -2.26. The third-order valence-corrected chi connectivity index (χ3v) is 7.80. The van der Waals surface area contributed by atoms with Crippen molar-refractivity contribution in [1.29, 1.82) is 0 Å². The van der Waals surface area contributed by atoms with E-state index in [0.717, 1.165) is 6.42 Å². The van der Waals surface area contributed by atoms with Gasteiger partial charge in [0.25, 0.3) is 0 Å². The van der Waals surface area contributed by atoms with Crippen molar-refractivity contribution >= 4 is 27.1 Å². The molecule has 0 amide bonds. The average molecular weight is 539 g/mol. The number of carboxylic acid groups (broad SMARTS) is 1. The smallest absolute Gasteiger partial charge is 0.345 e. The second kappa shape index (κ2) is 23.1. The van der Waals surface area contributed by atoms with Gasteiger partial charge in [0.1, 0.15) is 13.9 Å². The van der Waals surface area contributed by atoms with Gasteiger partial charge in [0, 0.05) is 0 Å². The van der Waals surface area contributed by atoms with E-state index < -0.39 is 32.7 Å². The molecule has 0 saturated heterocycles. The van der Waals surface area contributed by atoms with Crippen LogP contribution in [0.3, 0.4) is 0 Å². The van der Waals surface area contributed by atoms with Crippen LogP contribution in [0.4, 0.5) is 0 Å². The van der Waals surface area contributed by atoms with Crippen LogP contribution in [0.25, 0.3) is 0 Å². The van der Waals surface area contributed by atoms with Gasteiger partial charge < -0.3 is 24.3 Å². The standard InChI is InChI=1S/C27H55O6PS/c1-4-7-9-11-12-13-14-15-16-18-20-23(19-17-10-8-5-2)21-25(35)33-24(6-3)32-22-27(30,34-31)26(28)29/h23-25,30,35H,4-22,34H2,1-3H3,(H,28,29). The Hall–Kier alpha value is -0.0700. The minimum atomic E-state index is -2.35. The molecular formula is C27H55O6PS. The Kier molecular flexibility index (Phi) is 23.0. The number of aliphatic hydroxyl groups is 1. The Balaban J connectivity index is 4.44. The number of rotatable bonds is 26. The Bertz CT molecular complexity index is 524. The fraction of sp³-hybridized carbons (Fsp3) is 0.963. The highest BCUT2D eigenvalue weighted by Crippen LogP contribution is 2.27. The van der Waals surface area contributed by atoms with E-state index in [1.807, 2.05) is 6.92 Å². The Morgan fingerprint density at radius 1 is 0.857 bits per heavy atom.